The Balaban J connectivity index is 1.58. The van der Waals surface area contributed by atoms with E-state index in [0.717, 1.165) is 0 Å². The van der Waals surface area contributed by atoms with Gasteiger partial charge in [0.25, 0.3) is 11.5 Å². The lowest BCUT2D eigenvalue weighted by molar-refractivity contribution is -0.161. The number of phenolic OH excluding ortho intramolecular Hbond substituents is 1. The van der Waals surface area contributed by atoms with E-state index in [0.29, 0.717) is 0 Å². The molecule has 35 heavy (non-hydrogen) atoms. The monoisotopic (exact) mass is 504 g/mol. The van der Waals surface area contributed by atoms with Crippen molar-refractivity contribution >= 4 is 35.5 Å². The maximum atomic E-state index is 13.2. The molecule has 4 rings (SSSR count). The average molecular weight is 504 g/mol. The Kier molecular flexibility index (Phi) is 5.88. The van der Waals surface area contributed by atoms with Gasteiger partial charge in [-0.2, -0.15) is 5.10 Å². The maximum Gasteiger partial charge on any atom is 0.342 e. The standard InChI is InChI=1S/C20H20N6O8S/c1-20(2)12(18(32)33)26-16(31)11(17(26)35-20)22-13(28)9(7-3-5-8(27)6-4-7)21-14(29)10-15(30)23-19(34)25-24-10/h3-6,9,11-12,17,27H,1-2H3,(H,21,29)(H,22,28)(H,32,33)(H2,23,25,30,34)/t9-,11-,12+,17-/m1/s1. The number of benzene rings is 1. The number of hydrogen-bond donors (Lipinski definition) is 6. The number of thioether (sulfide) groups is 1. The number of fused-ring (bicyclic) bond motifs is 1. The summed E-state index contributed by atoms with van der Waals surface area (Å²) in [5.74, 6) is -3.74. The van der Waals surface area contributed by atoms with Crippen LogP contribution in [-0.4, -0.2) is 76.2 Å². The molecule has 1 aromatic heterocycles. The highest BCUT2D eigenvalue weighted by Gasteiger charge is 2.64. The number of aliphatic carboxylic acids is 1. The number of H-pyrrole nitrogens is 2. The quantitative estimate of drug-likeness (QED) is 0.244. The minimum atomic E-state index is -1.42. The van der Waals surface area contributed by atoms with Crippen molar-refractivity contribution in [2.24, 2.45) is 0 Å². The van der Waals surface area contributed by atoms with Crippen molar-refractivity contribution in [3.05, 3.63) is 56.4 Å². The maximum absolute atomic E-state index is 13.2. The summed E-state index contributed by atoms with van der Waals surface area (Å²) in [5.41, 5.74) is -2.50. The van der Waals surface area contributed by atoms with Gasteiger partial charge in [-0.25, -0.2) is 14.7 Å². The van der Waals surface area contributed by atoms with E-state index in [1.165, 1.54) is 40.9 Å². The Morgan fingerprint density at radius 1 is 1.17 bits per heavy atom. The number of carbonyl (C=O) groups is 4. The predicted octanol–water partition coefficient (Wildman–Crippen LogP) is -1.73. The third kappa shape index (κ3) is 4.25. The number of carbonyl (C=O) groups excluding carboxylic acids is 3. The van der Waals surface area contributed by atoms with Crippen molar-refractivity contribution in [1.29, 1.82) is 0 Å². The molecule has 0 bridgehead atoms. The molecular formula is C20H20N6O8S. The molecule has 15 heteroatoms. The predicted molar refractivity (Wildman–Crippen MR) is 119 cm³/mol. The van der Waals surface area contributed by atoms with Crippen molar-refractivity contribution in [2.75, 3.05) is 0 Å². The Morgan fingerprint density at radius 3 is 2.43 bits per heavy atom. The molecule has 0 unspecified atom stereocenters. The van der Waals surface area contributed by atoms with Crippen LogP contribution in [0.25, 0.3) is 0 Å². The van der Waals surface area contributed by atoms with Gasteiger partial charge >= 0.3 is 11.7 Å². The summed E-state index contributed by atoms with van der Waals surface area (Å²) in [7, 11) is 0. The minimum absolute atomic E-state index is 0.105. The number of nitrogens with zero attached hydrogens (tertiary/aromatic N) is 2. The van der Waals surface area contributed by atoms with Gasteiger partial charge in [0, 0.05) is 4.75 Å². The topological polar surface area (TPSA) is 215 Å². The van der Waals surface area contributed by atoms with Gasteiger partial charge in [-0.15, -0.1) is 11.8 Å². The molecule has 2 fully saturated rings. The van der Waals surface area contributed by atoms with Crippen LogP contribution in [0.2, 0.25) is 0 Å². The molecule has 4 atom stereocenters. The number of amides is 3. The second-order valence-electron chi connectivity index (χ2n) is 8.44. The second-order valence-corrected chi connectivity index (χ2v) is 10.2. The fourth-order valence-corrected chi connectivity index (χ4v) is 5.68. The van der Waals surface area contributed by atoms with Gasteiger partial charge in [0.2, 0.25) is 17.5 Å². The van der Waals surface area contributed by atoms with Gasteiger partial charge in [0.05, 0.1) is 0 Å². The highest BCUT2D eigenvalue weighted by atomic mass is 32.2. The first-order valence-corrected chi connectivity index (χ1v) is 11.1. The first-order valence-electron chi connectivity index (χ1n) is 10.2. The van der Waals surface area contributed by atoms with Crippen LogP contribution in [0.3, 0.4) is 0 Å². The Labute approximate surface area is 200 Å². The van der Waals surface area contributed by atoms with Crippen molar-refractivity contribution in [2.45, 2.75) is 42.1 Å². The van der Waals surface area contributed by atoms with Crippen molar-refractivity contribution < 1.29 is 29.4 Å². The van der Waals surface area contributed by atoms with E-state index in [4.69, 9.17) is 0 Å². The number of aromatic hydroxyl groups is 1. The number of carboxylic acid groups (broad SMARTS) is 1. The van der Waals surface area contributed by atoms with Gasteiger partial charge < -0.3 is 25.7 Å². The number of hydrogen-bond acceptors (Lipinski definition) is 9. The van der Waals surface area contributed by atoms with Crippen LogP contribution in [0.5, 0.6) is 5.75 Å². The SMILES string of the molecule is CC1(C)S[C@@H]2[C@H](NC(=O)[C@H](NC(=O)c3n[nH]c(=O)[nH]c3=O)c3ccc(O)cc3)C(=O)N2[C@H]1C(=O)O. The summed E-state index contributed by atoms with van der Waals surface area (Å²) in [6, 6.07) is 1.73. The number of nitrogens with one attached hydrogen (secondary N) is 4. The molecule has 184 valence electrons. The highest BCUT2D eigenvalue weighted by Crippen LogP contribution is 2.50. The molecule has 0 saturated carbocycles. The molecule has 6 N–H and O–H groups in total. The van der Waals surface area contributed by atoms with Crippen LogP contribution >= 0.6 is 11.8 Å². The number of rotatable bonds is 6. The van der Waals surface area contributed by atoms with Crippen LogP contribution in [-0.2, 0) is 14.4 Å². The molecule has 2 aliphatic rings. The van der Waals surface area contributed by atoms with Crippen molar-refractivity contribution in [1.82, 2.24) is 30.7 Å². The molecule has 2 aromatic rings. The van der Waals surface area contributed by atoms with Gasteiger partial charge in [0.1, 0.15) is 29.2 Å². The second kappa shape index (κ2) is 8.57. The molecule has 0 spiro atoms. The Hall–Kier alpha value is -4.14. The number of phenols is 1. The molecular weight excluding hydrogens is 484 g/mol. The molecule has 3 amide bonds. The zero-order valence-corrected chi connectivity index (χ0v) is 19.1. The third-order valence-electron chi connectivity index (χ3n) is 5.66. The van der Waals surface area contributed by atoms with Crippen molar-refractivity contribution in [3.8, 4) is 5.75 Å². The minimum Gasteiger partial charge on any atom is -0.508 e. The van der Waals surface area contributed by atoms with E-state index in [1.54, 1.807) is 13.8 Å². The summed E-state index contributed by atoms with van der Waals surface area (Å²) < 4.78 is -0.798. The Morgan fingerprint density at radius 2 is 1.83 bits per heavy atom. The number of β-lactam (4-membered cyclic amide) rings is 1. The fraction of sp³-hybridized carbons (Fsp3) is 0.350. The van der Waals surface area contributed by atoms with E-state index in [9.17, 15) is 39.0 Å². The van der Waals surface area contributed by atoms with E-state index >= 15 is 0 Å². The van der Waals surface area contributed by atoms with Crippen LogP contribution < -0.4 is 21.9 Å². The number of carboxylic acids is 1. The molecule has 14 nitrogen and oxygen atoms in total. The first kappa shape index (κ1) is 24.0. The van der Waals surface area contributed by atoms with Gasteiger partial charge in [-0.1, -0.05) is 12.1 Å². The lowest BCUT2D eigenvalue weighted by Crippen LogP contribution is -2.71. The molecule has 2 saturated heterocycles. The zero-order valence-electron chi connectivity index (χ0n) is 18.3. The summed E-state index contributed by atoms with van der Waals surface area (Å²) in [5, 5.41) is 28.7. The van der Waals surface area contributed by atoms with Crippen molar-refractivity contribution in [3.63, 3.8) is 0 Å². The molecule has 0 radical (unpaired) electrons. The summed E-state index contributed by atoms with van der Waals surface area (Å²) in [6.07, 6.45) is 0. The highest BCUT2D eigenvalue weighted by molar-refractivity contribution is 8.01. The smallest absolute Gasteiger partial charge is 0.342 e. The lowest BCUT2D eigenvalue weighted by atomic mass is 9.95. The first-order chi connectivity index (χ1) is 16.4. The third-order valence-corrected chi connectivity index (χ3v) is 7.23. The number of aromatic nitrogens is 3. The molecule has 1 aromatic carbocycles. The largest absolute Gasteiger partial charge is 0.508 e. The molecule has 3 heterocycles. The van der Waals surface area contributed by atoms with Crippen LogP contribution in [0.1, 0.15) is 35.9 Å². The summed E-state index contributed by atoms with van der Waals surface area (Å²) in [4.78, 5) is 76.4. The Bertz CT molecular complexity index is 1340. The molecule has 2 aliphatic heterocycles. The number of aromatic amines is 2. The summed E-state index contributed by atoms with van der Waals surface area (Å²) >= 11 is 1.23. The van der Waals surface area contributed by atoms with Gasteiger partial charge in [-0.05, 0) is 31.5 Å². The lowest BCUT2D eigenvalue weighted by Gasteiger charge is -2.44. The van der Waals surface area contributed by atoms with Crippen LogP contribution in [0.15, 0.2) is 33.9 Å². The fourth-order valence-electron chi connectivity index (χ4n) is 4.05. The van der Waals surface area contributed by atoms with Crippen LogP contribution in [0, 0.1) is 0 Å². The van der Waals surface area contributed by atoms with E-state index in [2.05, 4.69) is 15.7 Å². The van der Waals surface area contributed by atoms with Gasteiger partial charge in [-0.3, -0.25) is 24.2 Å². The normalized spacial score (nSPS) is 23.1. The van der Waals surface area contributed by atoms with E-state index in [-0.39, 0.29) is 11.3 Å². The average Bonchev–Trinajstić information content (AvgIpc) is 3.04. The van der Waals surface area contributed by atoms with E-state index in [1.807, 2.05) is 10.1 Å². The molecule has 0 aliphatic carbocycles. The summed E-state index contributed by atoms with van der Waals surface area (Å²) in [6.45, 7) is 3.38. The van der Waals surface area contributed by atoms with Crippen LogP contribution in [0.4, 0.5) is 0 Å². The van der Waals surface area contributed by atoms with Gasteiger partial charge in [0.15, 0.2) is 0 Å². The van der Waals surface area contributed by atoms with E-state index < -0.39 is 68.9 Å². The zero-order chi connectivity index (χ0) is 25.7.